The van der Waals surface area contributed by atoms with Crippen LogP contribution in [0.5, 0.6) is 11.5 Å². The molecule has 0 aliphatic carbocycles. The maximum absolute atomic E-state index is 6.38. The lowest BCUT2D eigenvalue weighted by molar-refractivity contribution is 0.223. The van der Waals surface area contributed by atoms with E-state index in [1.165, 1.54) is 6.33 Å². The first kappa shape index (κ1) is 17.6. The fraction of sp³-hybridized carbons (Fsp3) is 0.500. The van der Waals surface area contributed by atoms with E-state index >= 15 is 0 Å². The van der Waals surface area contributed by atoms with Crippen LogP contribution in [0.1, 0.15) is 45.1 Å². The van der Waals surface area contributed by atoms with Crippen molar-refractivity contribution in [3.63, 3.8) is 0 Å². The van der Waals surface area contributed by atoms with Crippen LogP contribution in [0.3, 0.4) is 0 Å². The van der Waals surface area contributed by atoms with E-state index in [2.05, 4.69) is 20.5 Å². The van der Waals surface area contributed by atoms with Gasteiger partial charge in [-0.25, -0.2) is 4.98 Å². The minimum absolute atomic E-state index is 0.0377. The maximum atomic E-state index is 6.38. The minimum Gasteiger partial charge on any atom is -0.490 e. The highest BCUT2D eigenvalue weighted by atomic mass is 35.5. The van der Waals surface area contributed by atoms with Crippen LogP contribution in [0.25, 0.3) is 0 Å². The molecule has 0 unspecified atom stereocenters. The molecule has 6 nitrogen and oxygen atoms in total. The zero-order valence-corrected chi connectivity index (χ0v) is 14.6. The maximum Gasteiger partial charge on any atom is 0.163 e. The third-order valence-electron chi connectivity index (χ3n) is 3.22. The first-order chi connectivity index (χ1) is 11.0. The standard InChI is InChI=1S/C16H23ClN4O2/c1-5-22-14-6-12(13(17)7-15(14)23-10(2)3)8-18-11(4)16-19-9-20-21-16/h6-7,9-11,18H,5,8H2,1-4H3,(H,19,20,21)/t11-/m1/s1. The number of rotatable bonds is 8. The molecule has 0 aliphatic heterocycles. The zero-order chi connectivity index (χ0) is 16.8. The van der Waals surface area contributed by atoms with Crippen LogP contribution >= 0.6 is 11.6 Å². The van der Waals surface area contributed by atoms with Gasteiger partial charge in [-0.1, -0.05) is 11.6 Å². The predicted octanol–water partition coefficient (Wildman–Crippen LogP) is 3.49. The fourth-order valence-corrected chi connectivity index (χ4v) is 2.33. The molecule has 2 N–H and O–H groups in total. The summed E-state index contributed by atoms with van der Waals surface area (Å²) in [6.07, 6.45) is 1.55. The minimum atomic E-state index is 0.0377. The van der Waals surface area contributed by atoms with E-state index in [1.807, 2.05) is 39.8 Å². The number of ether oxygens (including phenoxy) is 2. The lowest BCUT2D eigenvalue weighted by atomic mass is 10.1. The molecular weight excluding hydrogens is 316 g/mol. The van der Waals surface area contributed by atoms with Gasteiger partial charge >= 0.3 is 0 Å². The summed E-state index contributed by atoms with van der Waals surface area (Å²) in [7, 11) is 0. The number of aromatic amines is 1. The van der Waals surface area contributed by atoms with Gasteiger partial charge in [0.25, 0.3) is 0 Å². The first-order valence-electron chi connectivity index (χ1n) is 7.71. The van der Waals surface area contributed by atoms with Gasteiger partial charge in [-0.3, -0.25) is 5.10 Å². The van der Waals surface area contributed by atoms with Gasteiger partial charge in [0, 0.05) is 17.6 Å². The molecule has 0 bridgehead atoms. The third-order valence-corrected chi connectivity index (χ3v) is 3.57. The van der Waals surface area contributed by atoms with Crippen molar-refractivity contribution in [2.45, 2.75) is 46.4 Å². The SMILES string of the molecule is CCOc1cc(CN[C@H](C)c2ncn[nH]2)c(Cl)cc1OC(C)C. The Kier molecular flexibility index (Phi) is 6.24. The smallest absolute Gasteiger partial charge is 0.163 e. The Labute approximate surface area is 141 Å². The van der Waals surface area contributed by atoms with Gasteiger partial charge in [0.2, 0.25) is 0 Å². The van der Waals surface area contributed by atoms with Gasteiger partial charge in [-0.2, -0.15) is 5.10 Å². The highest BCUT2D eigenvalue weighted by Crippen LogP contribution is 2.34. The summed E-state index contributed by atoms with van der Waals surface area (Å²) in [5.41, 5.74) is 0.942. The largest absolute Gasteiger partial charge is 0.490 e. The molecule has 23 heavy (non-hydrogen) atoms. The van der Waals surface area contributed by atoms with Crippen LogP contribution in [-0.4, -0.2) is 27.9 Å². The van der Waals surface area contributed by atoms with Crippen LogP contribution in [0, 0.1) is 0 Å². The van der Waals surface area contributed by atoms with Crippen molar-refractivity contribution < 1.29 is 9.47 Å². The van der Waals surface area contributed by atoms with Crippen LogP contribution in [0.15, 0.2) is 18.5 Å². The monoisotopic (exact) mass is 338 g/mol. The third kappa shape index (κ3) is 4.84. The van der Waals surface area contributed by atoms with Crippen molar-refractivity contribution in [3.8, 4) is 11.5 Å². The van der Waals surface area contributed by atoms with Crippen molar-refractivity contribution in [1.29, 1.82) is 0 Å². The second-order valence-corrected chi connectivity index (χ2v) is 5.87. The molecule has 2 aromatic rings. The van der Waals surface area contributed by atoms with E-state index in [9.17, 15) is 0 Å². The Morgan fingerprint density at radius 3 is 2.65 bits per heavy atom. The quantitative estimate of drug-likeness (QED) is 0.770. The number of H-pyrrole nitrogens is 1. The number of nitrogens with one attached hydrogen (secondary N) is 2. The predicted molar refractivity (Wildman–Crippen MR) is 90.0 cm³/mol. The van der Waals surface area contributed by atoms with Gasteiger partial charge < -0.3 is 14.8 Å². The van der Waals surface area contributed by atoms with Crippen LogP contribution in [-0.2, 0) is 6.54 Å². The zero-order valence-electron chi connectivity index (χ0n) is 13.9. The summed E-state index contributed by atoms with van der Waals surface area (Å²) in [5, 5.41) is 10.7. The van der Waals surface area contributed by atoms with E-state index in [-0.39, 0.29) is 12.1 Å². The van der Waals surface area contributed by atoms with E-state index in [0.29, 0.717) is 29.7 Å². The Morgan fingerprint density at radius 1 is 1.26 bits per heavy atom. The molecular formula is C16H23ClN4O2. The molecule has 1 atom stereocenters. The molecule has 1 aromatic heterocycles. The van der Waals surface area contributed by atoms with E-state index in [4.69, 9.17) is 21.1 Å². The average Bonchev–Trinajstić information content (AvgIpc) is 3.02. The Morgan fingerprint density at radius 2 is 2.04 bits per heavy atom. The van der Waals surface area contributed by atoms with Gasteiger partial charge in [0.1, 0.15) is 12.2 Å². The Hall–Kier alpha value is -1.79. The van der Waals surface area contributed by atoms with Gasteiger partial charge in [0.05, 0.1) is 18.8 Å². The Bertz CT molecular complexity index is 617. The molecule has 0 radical (unpaired) electrons. The molecule has 0 fully saturated rings. The average molecular weight is 339 g/mol. The number of hydrogen-bond donors (Lipinski definition) is 2. The van der Waals surface area contributed by atoms with Gasteiger partial charge in [-0.15, -0.1) is 0 Å². The number of halogens is 1. The summed E-state index contributed by atoms with van der Waals surface area (Å²) in [4.78, 5) is 4.14. The Balaban J connectivity index is 2.13. The summed E-state index contributed by atoms with van der Waals surface area (Å²) in [6.45, 7) is 9.04. The molecule has 0 aliphatic rings. The number of benzene rings is 1. The molecule has 2 rings (SSSR count). The topological polar surface area (TPSA) is 72.1 Å². The van der Waals surface area contributed by atoms with Crippen LogP contribution in [0.4, 0.5) is 0 Å². The molecule has 0 amide bonds. The van der Waals surface area contributed by atoms with Crippen molar-refractivity contribution in [1.82, 2.24) is 20.5 Å². The van der Waals surface area contributed by atoms with Crippen molar-refractivity contribution >= 4 is 11.6 Å². The molecule has 0 saturated carbocycles. The molecule has 126 valence electrons. The fourth-order valence-electron chi connectivity index (χ4n) is 2.11. The van der Waals surface area contributed by atoms with E-state index in [1.54, 1.807) is 0 Å². The van der Waals surface area contributed by atoms with Crippen molar-refractivity contribution in [3.05, 3.63) is 34.9 Å². The highest BCUT2D eigenvalue weighted by molar-refractivity contribution is 6.31. The summed E-state index contributed by atoms with van der Waals surface area (Å²) in [5.74, 6) is 2.15. The van der Waals surface area contributed by atoms with Crippen LogP contribution in [0.2, 0.25) is 5.02 Å². The molecule has 7 heteroatoms. The van der Waals surface area contributed by atoms with Gasteiger partial charge in [-0.05, 0) is 39.3 Å². The summed E-state index contributed by atoms with van der Waals surface area (Å²) in [6, 6.07) is 3.77. The molecule has 0 saturated heterocycles. The molecule has 0 spiro atoms. The summed E-state index contributed by atoms with van der Waals surface area (Å²) >= 11 is 6.38. The summed E-state index contributed by atoms with van der Waals surface area (Å²) < 4.78 is 11.4. The van der Waals surface area contributed by atoms with Crippen molar-refractivity contribution in [2.24, 2.45) is 0 Å². The second kappa shape index (κ2) is 8.17. The lowest BCUT2D eigenvalue weighted by Gasteiger charge is -2.18. The number of hydrogen-bond acceptors (Lipinski definition) is 5. The highest BCUT2D eigenvalue weighted by Gasteiger charge is 2.14. The molecule has 1 heterocycles. The van der Waals surface area contributed by atoms with Crippen molar-refractivity contribution in [2.75, 3.05) is 6.61 Å². The van der Waals surface area contributed by atoms with Gasteiger partial charge in [0.15, 0.2) is 11.5 Å². The lowest BCUT2D eigenvalue weighted by Crippen LogP contribution is -2.19. The van der Waals surface area contributed by atoms with E-state index < -0.39 is 0 Å². The first-order valence-corrected chi connectivity index (χ1v) is 8.09. The normalized spacial score (nSPS) is 12.4. The second-order valence-electron chi connectivity index (χ2n) is 5.46. The molecule has 1 aromatic carbocycles. The van der Waals surface area contributed by atoms with E-state index in [0.717, 1.165) is 11.4 Å². The number of aromatic nitrogens is 3. The number of nitrogens with zero attached hydrogens (tertiary/aromatic N) is 2. The van der Waals surface area contributed by atoms with Crippen LogP contribution < -0.4 is 14.8 Å².